The van der Waals surface area contributed by atoms with Crippen molar-refractivity contribution in [2.24, 2.45) is 5.92 Å². The molecule has 0 aromatic carbocycles. The summed E-state index contributed by atoms with van der Waals surface area (Å²) >= 11 is 0. The minimum absolute atomic E-state index is 0.0387. The second kappa shape index (κ2) is 9.63. The van der Waals surface area contributed by atoms with Crippen molar-refractivity contribution >= 4 is 23.5 Å². The molecule has 1 aliphatic carbocycles. The molecule has 1 saturated carbocycles. The molecule has 1 spiro atoms. The molecule has 37 heavy (non-hydrogen) atoms. The maximum Gasteiger partial charge on any atom is 0.270 e. The van der Waals surface area contributed by atoms with E-state index in [2.05, 4.69) is 22.4 Å². The van der Waals surface area contributed by atoms with Crippen molar-refractivity contribution in [3.05, 3.63) is 33.3 Å². The summed E-state index contributed by atoms with van der Waals surface area (Å²) in [5.41, 5.74) is 0.610. The van der Waals surface area contributed by atoms with Crippen molar-refractivity contribution in [3.63, 3.8) is 0 Å². The van der Waals surface area contributed by atoms with Gasteiger partial charge < -0.3 is 20.2 Å². The summed E-state index contributed by atoms with van der Waals surface area (Å²) in [6.07, 6.45) is 9.02. The van der Waals surface area contributed by atoms with Gasteiger partial charge in [0.15, 0.2) is 5.56 Å². The van der Waals surface area contributed by atoms with E-state index in [-0.39, 0.29) is 29.0 Å². The van der Waals surface area contributed by atoms with E-state index in [1.54, 1.807) is 19.1 Å². The molecule has 3 fully saturated rings. The number of hydrogen-bond donors (Lipinski definition) is 2. The van der Waals surface area contributed by atoms with Gasteiger partial charge in [0.05, 0.1) is 5.69 Å². The zero-order valence-electron chi connectivity index (χ0n) is 22.3. The number of carbonyl (C=O) groups excluding carboxylic acids is 2. The summed E-state index contributed by atoms with van der Waals surface area (Å²) in [4.78, 5) is 44.1. The third-order valence-electron chi connectivity index (χ3n) is 8.08. The van der Waals surface area contributed by atoms with Crippen LogP contribution in [0.1, 0.15) is 74.0 Å². The van der Waals surface area contributed by atoms with E-state index in [0.717, 1.165) is 58.2 Å². The summed E-state index contributed by atoms with van der Waals surface area (Å²) in [6, 6.07) is 0.0443. The number of amides is 2. The number of likely N-dealkylation sites (tertiary alicyclic amines) is 2. The molecule has 3 aliphatic rings. The van der Waals surface area contributed by atoms with Crippen LogP contribution in [0.2, 0.25) is 0 Å². The number of rotatable bonds is 6. The lowest BCUT2D eigenvalue weighted by Gasteiger charge is -2.43. The largest absolute Gasteiger partial charge is 0.492 e. The van der Waals surface area contributed by atoms with Crippen LogP contribution in [0.15, 0.2) is 10.9 Å². The zero-order valence-corrected chi connectivity index (χ0v) is 22.3. The van der Waals surface area contributed by atoms with Gasteiger partial charge in [-0.2, -0.15) is 9.61 Å². The Hall–Kier alpha value is -3.14. The lowest BCUT2D eigenvalue weighted by molar-refractivity contribution is -0.131. The molecular weight excluding hydrogens is 472 g/mol. The second-order valence-electron chi connectivity index (χ2n) is 11.4. The maximum atomic E-state index is 13.5. The van der Waals surface area contributed by atoms with Gasteiger partial charge in [-0.15, -0.1) is 0 Å². The van der Waals surface area contributed by atoms with Gasteiger partial charge in [0.2, 0.25) is 11.8 Å². The van der Waals surface area contributed by atoms with Crippen molar-refractivity contribution in [2.45, 2.75) is 77.4 Å². The highest BCUT2D eigenvalue weighted by molar-refractivity contribution is 5.97. The van der Waals surface area contributed by atoms with E-state index in [4.69, 9.17) is 0 Å². The SMILES string of the molecule is Cc1nn2c(O)c(C(=O)NC3CC3)c(=O)n(CC(C)C)c2c1C=CC(=O)N1CCCC12CCN(C)CC2. The van der Waals surface area contributed by atoms with Crippen LogP contribution >= 0.6 is 0 Å². The van der Waals surface area contributed by atoms with Gasteiger partial charge in [-0.05, 0) is 64.5 Å². The van der Waals surface area contributed by atoms with Crippen LogP contribution in [0.4, 0.5) is 0 Å². The monoisotopic (exact) mass is 510 g/mol. The predicted molar refractivity (Wildman–Crippen MR) is 141 cm³/mol. The number of carbonyl (C=O) groups is 2. The Morgan fingerprint density at radius 1 is 1.19 bits per heavy atom. The molecule has 0 bridgehead atoms. The van der Waals surface area contributed by atoms with Gasteiger partial charge in [-0.1, -0.05) is 13.8 Å². The van der Waals surface area contributed by atoms with Crippen molar-refractivity contribution < 1.29 is 14.7 Å². The van der Waals surface area contributed by atoms with Crippen LogP contribution in [0.25, 0.3) is 11.7 Å². The summed E-state index contributed by atoms with van der Waals surface area (Å²) in [6.45, 7) is 8.80. The molecule has 0 atom stereocenters. The van der Waals surface area contributed by atoms with Crippen LogP contribution in [-0.2, 0) is 11.3 Å². The van der Waals surface area contributed by atoms with Crippen molar-refractivity contribution in [1.29, 1.82) is 0 Å². The molecule has 10 heteroatoms. The average molecular weight is 511 g/mol. The fraction of sp³-hybridized carbons (Fsp3) is 0.630. The molecular formula is C27H38N6O4. The Bertz CT molecular complexity index is 1310. The Morgan fingerprint density at radius 3 is 2.54 bits per heavy atom. The summed E-state index contributed by atoms with van der Waals surface area (Å²) < 4.78 is 2.77. The number of aryl methyl sites for hydroxylation is 1. The number of fused-ring (bicyclic) bond motifs is 1. The summed E-state index contributed by atoms with van der Waals surface area (Å²) in [5, 5.41) is 18.3. The Balaban J connectivity index is 1.53. The first kappa shape index (κ1) is 25.5. The fourth-order valence-corrected chi connectivity index (χ4v) is 5.86. The molecule has 2 amide bonds. The number of nitrogens with one attached hydrogen (secondary N) is 1. The minimum atomic E-state index is -0.581. The highest BCUT2D eigenvalue weighted by Gasteiger charge is 2.44. The molecule has 200 valence electrons. The van der Waals surface area contributed by atoms with E-state index >= 15 is 0 Å². The van der Waals surface area contributed by atoms with Crippen molar-refractivity contribution in [3.8, 4) is 5.88 Å². The van der Waals surface area contributed by atoms with Gasteiger partial charge in [-0.25, -0.2) is 0 Å². The van der Waals surface area contributed by atoms with Crippen molar-refractivity contribution in [1.82, 2.24) is 29.3 Å². The molecule has 5 rings (SSSR count). The highest BCUT2D eigenvalue weighted by Crippen LogP contribution is 2.38. The topological polar surface area (TPSA) is 112 Å². The van der Waals surface area contributed by atoms with Gasteiger partial charge in [0, 0.05) is 49.4 Å². The Kier molecular flexibility index (Phi) is 6.64. The Labute approximate surface area is 216 Å². The number of aromatic nitrogens is 3. The lowest BCUT2D eigenvalue weighted by atomic mass is 9.85. The van der Waals surface area contributed by atoms with Gasteiger partial charge in [-0.3, -0.25) is 19.0 Å². The number of piperidine rings is 1. The van der Waals surface area contributed by atoms with E-state index in [9.17, 15) is 19.5 Å². The van der Waals surface area contributed by atoms with Crippen LogP contribution in [0, 0.1) is 12.8 Å². The number of hydrogen-bond acceptors (Lipinski definition) is 6. The fourth-order valence-electron chi connectivity index (χ4n) is 5.86. The van der Waals surface area contributed by atoms with E-state index in [1.807, 2.05) is 18.7 Å². The maximum absolute atomic E-state index is 13.5. The molecule has 10 nitrogen and oxygen atoms in total. The van der Waals surface area contributed by atoms with Crippen LogP contribution < -0.4 is 10.9 Å². The Morgan fingerprint density at radius 2 is 1.89 bits per heavy atom. The third-order valence-corrected chi connectivity index (χ3v) is 8.08. The second-order valence-corrected chi connectivity index (χ2v) is 11.4. The van der Waals surface area contributed by atoms with Crippen LogP contribution in [-0.4, -0.2) is 79.2 Å². The molecule has 2 aromatic rings. The average Bonchev–Trinajstić information content (AvgIpc) is 3.46. The zero-order chi connectivity index (χ0) is 26.5. The molecule has 2 aliphatic heterocycles. The smallest absolute Gasteiger partial charge is 0.270 e. The van der Waals surface area contributed by atoms with Gasteiger partial charge in [0.25, 0.3) is 11.5 Å². The normalized spacial score (nSPS) is 20.1. The van der Waals surface area contributed by atoms with Crippen molar-refractivity contribution in [2.75, 3.05) is 26.7 Å². The van der Waals surface area contributed by atoms with E-state index in [0.29, 0.717) is 23.4 Å². The van der Waals surface area contributed by atoms with Gasteiger partial charge in [0.1, 0.15) is 5.65 Å². The molecule has 0 unspecified atom stereocenters. The van der Waals surface area contributed by atoms with Crippen LogP contribution in [0.5, 0.6) is 5.88 Å². The summed E-state index contributed by atoms with van der Waals surface area (Å²) in [7, 11) is 2.12. The minimum Gasteiger partial charge on any atom is -0.492 e. The molecule has 2 N–H and O–H groups in total. The molecule has 2 aromatic heterocycles. The van der Waals surface area contributed by atoms with E-state index < -0.39 is 17.3 Å². The molecule has 2 saturated heterocycles. The summed E-state index contributed by atoms with van der Waals surface area (Å²) in [5.74, 6) is -0.990. The quantitative estimate of drug-likeness (QED) is 0.576. The highest BCUT2D eigenvalue weighted by atomic mass is 16.3. The molecule has 4 heterocycles. The first-order chi connectivity index (χ1) is 17.6. The van der Waals surface area contributed by atoms with Crippen LogP contribution in [0.3, 0.4) is 0 Å². The standard InChI is InChI=1S/C27H38N6O4/c1-17(2)16-31-24-20(8-9-21(34)32-13-5-10-27(32)11-14-30(4)15-12-27)18(3)29-33(24)26(37)22(25(31)36)23(35)28-19-6-7-19/h8-9,17,19,37H,5-7,10-16H2,1-4H3,(H,28,35). The number of nitrogens with zero attached hydrogens (tertiary/aromatic N) is 5. The molecule has 0 radical (unpaired) electrons. The first-order valence-electron chi connectivity index (χ1n) is 13.5. The lowest BCUT2D eigenvalue weighted by Crippen LogP contribution is -2.53. The van der Waals surface area contributed by atoms with Gasteiger partial charge >= 0.3 is 0 Å². The third kappa shape index (κ3) is 4.67. The first-order valence-corrected chi connectivity index (χ1v) is 13.5. The number of aromatic hydroxyl groups is 1. The predicted octanol–water partition coefficient (Wildman–Crippen LogP) is 2.16. The van der Waals surface area contributed by atoms with E-state index in [1.165, 1.54) is 9.08 Å².